The van der Waals surface area contributed by atoms with E-state index < -0.39 is 0 Å². The number of carbonyl (C=O) groups excluding carboxylic acids is 1. The summed E-state index contributed by atoms with van der Waals surface area (Å²) in [5.41, 5.74) is 11.3. The molecule has 82 valence electrons. The van der Waals surface area contributed by atoms with Gasteiger partial charge in [-0.25, -0.2) is 0 Å². The number of nitrogens with two attached hydrogens (primary N) is 2. The third kappa shape index (κ3) is 2.25. The van der Waals surface area contributed by atoms with Crippen molar-refractivity contribution in [2.24, 2.45) is 11.5 Å². The average molecular weight is 199 g/mol. The molecule has 0 aromatic heterocycles. The molecular weight excluding hydrogens is 178 g/mol. The predicted molar refractivity (Wildman–Crippen MR) is 56.7 cm³/mol. The molecule has 14 heavy (non-hydrogen) atoms. The lowest BCUT2D eigenvalue weighted by atomic mass is 9.84. The van der Waals surface area contributed by atoms with Crippen LogP contribution in [0, 0.1) is 0 Å². The predicted octanol–water partition coefficient (Wildman–Crippen LogP) is 0.0635. The molecule has 4 N–H and O–H groups in total. The van der Waals surface area contributed by atoms with Crippen LogP contribution >= 0.6 is 0 Å². The number of hydrogen-bond donors (Lipinski definition) is 2. The highest BCUT2D eigenvalue weighted by Crippen LogP contribution is 2.26. The fraction of sp³-hybridized carbons (Fsp3) is 0.900. The minimum atomic E-state index is -0.231. The Morgan fingerprint density at radius 1 is 1.50 bits per heavy atom. The fourth-order valence-electron chi connectivity index (χ4n) is 2.28. The number of hydrogen-bond acceptors (Lipinski definition) is 3. The van der Waals surface area contributed by atoms with Crippen LogP contribution in [0.3, 0.4) is 0 Å². The van der Waals surface area contributed by atoms with Crippen molar-refractivity contribution in [1.82, 2.24) is 4.90 Å². The number of rotatable bonds is 5. The Morgan fingerprint density at radius 2 is 2.07 bits per heavy atom. The molecule has 1 saturated heterocycles. The van der Waals surface area contributed by atoms with Gasteiger partial charge in [0.25, 0.3) is 0 Å². The van der Waals surface area contributed by atoms with Crippen molar-refractivity contribution >= 4 is 5.91 Å². The van der Waals surface area contributed by atoms with Crippen LogP contribution in [0.15, 0.2) is 0 Å². The van der Waals surface area contributed by atoms with Gasteiger partial charge in [-0.15, -0.1) is 0 Å². The van der Waals surface area contributed by atoms with Crippen LogP contribution in [0.5, 0.6) is 0 Å². The summed E-state index contributed by atoms with van der Waals surface area (Å²) in [6.07, 6.45) is 2.90. The molecule has 0 spiro atoms. The first-order valence-corrected chi connectivity index (χ1v) is 5.34. The van der Waals surface area contributed by atoms with Gasteiger partial charge in [-0.05, 0) is 12.8 Å². The lowest BCUT2D eigenvalue weighted by Crippen LogP contribution is -2.70. The Balaban J connectivity index is 2.42. The van der Waals surface area contributed by atoms with Gasteiger partial charge in [0.1, 0.15) is 0 Å². The van der Waals surface area contributed by atoms with Crippen molar-refractivity contribution in [2.75, 3.05) is 13.1 Å². The summed E-state index contributed by atoms with van der Waals surface area (Å²) >= 11 is 0. The van der Waals surface area contributed by atoms with E-state index in [9.17, 15) is 4.79 Å². The summed E-state index contributed by atoms with van der Waals surface area (Å²) in [6, 6.07) is -0.122. The lowest BCUT2D eigenvalue weighted by Gasteiger charge is -2.50. The topological polar surface area (TPSA) is 72.3 Å². The van der Waals surface area contributed by atoms with Crippen LogP contribution in [0.4, 0.5) is 0 Å². The second-order valence-corrected chi connectivity index (χ2v) is 4.34. The van der Waals surface area contributed by atoms with Crippen LogP contribution in [0.2, 0.25) is 0 Å². The van der Waals surface area contributed by atoms with Crippen molar-refractivity contribution in [3.05, 3.63) is 0 Å². The minimum Gasteiger partial charge on any atom is -0.368 e. The molecule has 1 atom stereocenters. The second kappa shape index (κ2) is 4.28. The maximum Gasteiger partial charge on any atom is 0.234 e. The van der Waals surface area contributed by atoms with Gasteiger partial charge in [0.2, 0.25) is 5.91 Å². The minimum absolute atomic E-state index is 0.0718. The zero-order chi connectivity index (χ0) is 10.8. The molecule has 0 bridgehead atoms. The average Bonchev–Trinajstić information content (AvgIpc) is 2.02. The summed E-state index contributed by atoms with van der Waals surface area (Å²) in [6.45, 7) is 5.72. The second-order valence-electron chi connectivity index (χ2n) is 4.34. The van der Waals surface area contributed by atoms with Gasteiger partial charge in [0.05, 0.1) is 6.04 Å². The van der Waals surface area contributed by atoms with E-state index in [1.807, 2.05) is 6.92 Å². The number of nitrogens with zero attached hydrogens (tertiary/aromatic N) is 1. The number of carbonyl (C=O) groups is 1. The van der Waals surface area contributed by atoms with Gasteiger partial charge in [0, 0.05) is 18.6 Å². The molecule has 4 nitrogen and oxygen atoms in total. The molecule has 1 rings (SSSR count). The van der Waals surface area contributed by atoms with Crippen LogP contribution in [-0.4, -0.2) is 35.5 Å². The van der Waals surface area contributed by atoms with E-state index in [1.165, 1.54) is 0 Å². The molecule has 0 aromatic carbocycles. The van der Waals surface area contributed by atoms with Gasteiger partial charge in [0.15, 0.2) is 0 Å². The summed E-state index contributed by atoms with van der Waals surface area (Å²) < 4.78 is 0. The fourth-order valence-corrected chi connectivity index (χ4v) is 2.28. The van der Waals surface area contributed by atoms with Crippen molar-refractivity contribution in [3.63, 3.8) is 0 Å². The largest absolute Gasteiger partial charge is 0.368 e. The summed E-state index contributed by atoms with van der Waals surface area (Å²) in [4.78, 5) is 13.2. The molecule has 1 fully saturated rings. The van der Waals surface area contributed by atoms with Gasteiger partial charge in [-0.3, -0.25) is 9.69 Å². The Bertz CT molecular complexity index is 211. The summed E-state index contributed by atoms with van der Waals surface area (Å²) in [5, 5.41) is 0. The highest BCUT2D eigenvalue weighted by atomic mass is 16.1. The number of likely N-dealkylation sites (tertiary alicyclic amines) is 1. The molecule has 4 heteroatoms. The van der Waals surface area contributed by atoms with E-state index >= 15 is 0 Å². The van der Waals surface area contributed by atoms with E-state index in [4.69, 9.17) is 11.5 Å². The van der Waals surface area contributed by atoms with Crippen LogP contribution in [-0.2, 0) is 4.79 Å². The molecule has 1 aliphatic heterocycles. The maximum absolute atomic E-state index is 11.1. The monoisotopic (exact) mass is 199 g/mol. The Kier molecular flexibility index (Phi) is 3.50. The Morgan fingerprint density at radius 3 is 2.43 bits per heavy atom. The quantitative estimate of drug-likeness (QED) is 0.658. The first-order valence-electron chi connectivity index (χ1n) is 5.34. The Hall–Kier alpha value is -0.610. The van der Waals surface area contributed by atoms with E-state index in [1.54, 1.807) is 0 Å². The smallest absolute Gasteiger partial charge is 0.234 e. The molecule has 1 amide bonds. The molecule has 0 aliphatic carbocycles. The molecule has 1 heterocycles. The van der Waals surface area contributed by atoms with Gasteiger partial charge < -0.3 is 11.5 Å². The highest BCUT2D eigenvalue weighted by Gasteiger charge is 2.42. The first kappa shape index (κ1) is 11.5. The maximum atomic E-state index is 11.1. The van der Waals surface area contributed by atoms with Crippen LogP contribution in [0.1, 0.15) is 33.1 Å². The van der Waals surface area contributed by atoms with Crippen molar-refractivity contribution in [2.45, 2.75) is 44.7 Å². The molecule has 1 unspecified atom stereocenters. The Labute approximate surface area is 85.6 Å². The zero-order valence-corrected chi connectivity index (χ0v) is 9.12. The number of primary amides is 1. The first-order chi connectivity index (χ1) is 6.52. The van der Waals surface area contributed by atoms with Gasteiger partial charge >= 0.3 is 0 Å². The number of amides is 1. The summed E-state index contributed by atoms with van der Waals surface area (Å²) in [7, 11) is 0. The van der Waals surface area contributed by atoms with Gasteiger partial charge in [-0.2, -0.15) is 0 Å². The standard InChI is InChI=1S/C10H21N3O/c1-3-5-10(12)6-13(7-10)8(4-2)9(11)14/h8H,3-7,12H2,1-2H3,(H2,11,14). The van der Waals surface area contributed by atoms with Crippen molar-refractivity contribution < 1.29 is 4.79 Å². The van der Waals surface area contributed by atoms with E-state index in [0.717, 1.165) is 32.4 Å². The SMILES string of the molecule is CCCC1(N)CN(C(CC)C(N)=O)C1. The van der Waals surface area contributed by atoms with Crippen LogP contribution < -0.4 is 11.5 Å². The molecular formula is C10H21N3O. The molecule has 1 aliphatic rings. The molecule has 0 aromatic rings. The summed E-state index contributed by atoms with van der Waals surface area (Å²) in [5.74, 6) is -0.231. The van der Waals surface area contributed by atoms with E-state index in [2.05, 4.69) is 11.8 Å². The molecule has 0 radical (unpaired) electrons. The third-order valence-corrected chi connectivity index (χ3v) is 2.94. The van der Waals surface area contributed by atoms with Crippen molar-refractivity contribution in [1.29, 1.82) is 0 Å². The van der Waals surface area contributed by atoms with Crippen molar-refractivity contribution in [3.8, 4) is 0 Å². The lowest BCUT2D eigenvalue weighted by molar-refractivity contribution is -0.126. The van der Waals surface area contributed by atoms with E-state index in [-0.39, 0.29) is 17.5 Å². The normalized spacial score (nSPS) is 22.8. The molecule has 0 saturated carbocycles. The third-order valence-electron chi connectivity index (χ3n) is 2.94. The van der Waals surface area contributed by atoms with E-state index in [0.29, 0.717) is 0 Å². The zero-order valence-electron chi connectivity index (χ0n) is 9.12. The van der Waals surface area contributed by atoms with Crippen LogP contribution in [0.25, 0.3) is 0 Å². The van der Waals surface area contributed by atoms with Gasteiger partial charge in [-0.1, -0.05) is 20.3 Å². The highest BCUT2D eigenvalue weighted by molar-refractivity contribution is 5.79.